The topological polar surface area (TPSA) is 74.4 Å². The molecule has 0 unspecified atom stereocenters. The number of carbonyl (C=O) groups is 2. The number of rotatable bonds is 5. The molecule has 1 N–H and O–H groups in total. The number of hydrogen-bond acceptors (Lipinski definition) is 7. The van der Waals surface area contributed by atoms with E-state index in [-0.39, 0.29) is 18.5 Å². The fraction of sp³-hybridized carbons (Fsp3) is 0.455. The summed E-state index contributed by atoms with van der Waals surface area (Å²) < 4.78 is 12.2. The minimum Gasteiger partial charge on any atom is -0.489 e. The average Bonchev–Trinajstić information content (AvgIpc) is 3.50. The van der Waals surface area contributed by atoms with E-state index in [1.54, 1.807) is 17.0 Å². The fourth-order valence-electron chi connectivity index (χ4n) is 4.51. The van der Waals surface area contributed by atoms with Crippen molar-refractivity contribution in [2.24, 2.45) is 0 Å². The van der Waals surface area contributed by atoms with Crippen LogP contribution in [0.15, 0.2) is 30.3 Å². The molecule has 0 aliphatic carbocycles. The third kappa shape index (κ3) is 3.89. The number of carbonyl (C=O) groups excluding carboxylic acids is 2. The molecule has 0 bridgehead atoms. The van der Waals surface area contributed by atoms with Crippen LogP contribution in [-0.4, -0.2) is 75.4 Å². The van der Waals surface area contributed by atoms with E-state index in [2.05, 4.69) is 29.2 Å². The van der Waals surface area contributed by atoms with Crippen molar-refractivity contribution in [2.75, 3.05) is 50.1 Å². The lowest BCUT2D eigenvalue weighted by Gasteiger charge is -2.32. The highest BCUT2D eigenvalue weighted by molar-refractivity contribution is 7.18. The number of anilines is 2. The summed E-state index contributed by atoms with van der Waals surface area (Å²) >= 11 is 7.11. The van der Waals surface area contributed by atoms with Gasteiger partial charge in [-0.15, -0.1) is 11.3 Å². The number of cyclic esters (lactones) is 1. The number of halogens is 1. The lowest BCUT2D eigenvalue weighted by molar-refractivity contribution is 0.0890. The van der Waals surface area contributed by atoms with Crippen LogP contribution in [0.25, 0.3) is 0 Å². The van der Waals surface area contributed by atoms with E-state index >= 15 is 0 Å². The van der Waals surface area contributed by atoms with E-state index in [1.807, 2.05) is 18.2 Å². The van der Waals surface area contributed by atoms with Crippen molar-refractivity contribution < 1.29 is 19.1 Å². The summed E-state index contributed by atoms with van der Waals surface area (Å²) in [6, 6.07) is 9.56. The maximum atomic E-state index is 12.7. The Balaban J connectivity index is 1.27. The quantitative estimate of drug-likeness (QED) is 0.715. The molecule has 1 aromatic heterocycles. The Morgan fingerprint density at radius 2 is 2.16 bits per heavy atom. The molecule has 1 aromatic carbocycles. The summed E-state index contributed by atoms with van der Waals surface area (Å²) in [7, 11) is 4.22. The standard InChI is InChI=1S/C22H25ClN4O4S/c1-25(2)14-7-8-26(11-14)13-3-4-15-17(9-13)30-12-16-18(31-22(29)27(15)16)10-24-21(28)19-5-6-20(23)32-19/h3-6,9,14,16,18H,7-8,10-12H2,1-2H3,(H,24,28)/t14-,16+,18+/m1/s1. The first-order valence-electron chi connectivity index (χ1n) is 10.6. The zero-order chi connectivity index (χ0) is 22.4. The van der Waals surface area contributed by atoms with Crippen LogP contribution in [0.1, 0.15) is 16.1 Å². The van der Waals surface area contributed by atoms with Gasteiger partial charge in [0.15, 0.2) is 0 Å². The molecule has 32 heavy (non-hydrogen) atoms. The molecule has 170 valence electrons. The third-order valence-corrected chi connectivity index (χ3v) is 7.57. The second-order valence-electron chi connectivity index (χ2n) is 8.49. The lowest BCUT2D eigenvalue weighted by Crippen LogP contribution is -2.47. The van der Waals surface area contributed by atoms with Crippen molar-refractivity contribution >= 4 is 46.3 Å². The molecule has 0 radical (unpaired) electrons. The van der Waals surface area contributed by atoms with Gasteiger partial charge in [0.2, 0.25) is 0 Å². The number of nitrogens with one attached hydrogen (secondary N) is 1. The minimum atomic E-state index is -0.492. The van der Waals surface area contributed by atoms with Gasteiger partial charge in [-0.1, -0.05) is 11.6 Å². The zero-order valence-electron chi connectivity index (χ0n) is 17.9. The summed E-state index contributed by atoms with van der Waals surface area (Å²) in [6.45, 7) is 2.48. The van der Waals surface area contributed by atoms with Crippen LogP contribution < -0.4 is 19.9 Å². The van der Waals surface area contributed by atoms with Gasteiger partial charge in [-0.2, -0.15) is 0 Å². The van der Waals surface area contributed by atoms with E-state index < -0.39 is 12.2 Å². The van der Waals surface area contributed by atoms with Crippen molar-refractivity contribution in [1.82, 2.24) is 10.2 Å². The molecule has 2 saturated heterocycles. The highest BCUT2D eigenvalue weighted by Crippen LogP contribution is 2.41. The largest absolute Gasteiger partial charge is 0.489 e. The Kier molecular flexibility index (Phi) is 5.65. The number of likely N-dealkylation sites (N-methyl/N-ethyl adjacent to an activating group) is 1. The molecular weight excluding hydrogens is 452 g/mol. The molecule has 3 aliphatic heterocycles. The average molecular weight is 477 g/mol. The van der Waals surface area contributed by atoms with E-state index in [9.17, 15) is 9.59 Å². The van der Waals surface area contributed by atoms with Crippen LogP contribution in [0, 0.1) is 0 Å². The number of thiophene rings is 1. The lowest BCUT2D eigenvalue weighted by atomic mass is 10.1. The first-order chi connectivity index (χ1) is 15.4. The molecule has 5 rings (SSSR count). The number of nitrogens with zero attached hydrogens (tertiary/aromatic N) is 3. The normalized spacial score (nSPS) is 24.2. The molecule has 10 heteroatoms. The Labute approximate surface area is 195 Å². The van der Waals surface area contributed by atoms with Gasteiger partial charge >= 0.3 is 6.09 Å². The van der Waals surface area contributed by atoms with Crippen molar-refractivity contribution in [2.45, 2.75) is 24.6 Å². The Bertz CT molecular complexity index is 1040. The van der Waals surface area contributed by atoms with Gasteiger partial charge in [0.1, 0.15) is 24.5 Å². The number of hydrogen-bond donors (Lipinski definition) is 1. The summed E-state index contributed by atoms with van der Waals surface area (Å²) in [5.74, 6) is 0.446. The van der Waals surface area contributed by atoms with E-state index in [0.29, 0.717) is 33.3 Å². The van der Waals surface area contributed by atoms with Gasteiger partial charge in [-0.3, -0.25) is 9.69 Å². The first kappa shape index (κ1) is 21.4. The Morgan fingerprint density at radius 1 is 1.31 bits per heavy atom. The van der Waals surface area contributed by atoms with Gasteiger partial charge in [0.25, 0.3) is 5.91 Å². The van der Waals surface area contributed by atoms with E-state index in [1.165, 1.54) is 11.3 Å². The number of amides is 2. The van der Waals surface area contributed by atoms with Gasteiger partial charge in [0.05, 0.1) is 21.4 Å². The molecular formula is C22H25ClN4O4S. The van der Waals surface area contributed by atoms with E-state index in [0.717, 1.165) is 25.2 Å². The van der Waals surface area contributed by atoms with Crippen LogP contribution in [0.3, 0.4) is 0 Å². The summed E-state index contributed by atoms with van der Waals surface area (Å²) in [5, 5.41) is 2.83. The second-order valence-corrected chi connectivity index (χ2v) is 10.2. The predicted octanol–water partition coefficient (Wildman–Crippen LogP) is 3.06. The Morgan fingerprint density at radius 3 is 2.88 bits per heavy atom. The molecule has 3 aliphatic rings. The van der Waals surface area contributed by atoms with Crippen LogP contribution in [0.2, 0.25) is 4.34 Å². The van der Waals surface area contributed by atoms with Gasteiger partial charge in [-0.25, -0.2) is 4.79 Å². The molecule has 2 fully saturated rings. The van der Waals surface area contributed by atoms with Crippen molar-refractivity contribution in [1.29, 1.82) is 0 Å². The molecule has 2 amide bonds. The van der Waals surface area contributed by atoms with Gasteiger partial charge < -0.3 is 24.6 Å². The van der Waals surface area contributed by atoms with Crippen molar-refractivity contribution in [3.63, 3.8) is 0 Å². The van der Waals surface area contributed by atoms with Crippen molar-refractivity contribution in [3.8, 4) is 5.75 Å². The minimum absolute atomic E-state index is 0.206. The highest BCUT2D eigenvalue weighted by atomic mass is 35.5. The van der Waals surface area contributed by atoms with E-state index in [4.69, 9.17) is 21.1 Å². The highest BCUT2D eigenvalue weighted by Gasteiger charge is 2.46. The predicted molar refractivity (Wildman–Crippen MR) is 124 cm³/mol. The van der Waals surface area contributed by atoms with Crippen LogP contribution in [-0.2, 0) is 4.74 Å². The summed E-state index contributed by atoms with van der Waals surface area (Å²) in [6.07, 6.45) is 0.213. The molecule has 8 nitrogen and oxygen atoms in total. The molecule has 2 aromatic rings. The van der Waals surface area contributed by atoms with Crippen molar-refractivity contribution in [3.05, 3.63) is 39.5 Å². The molecule has 3 atom stereocenters. The first-order valence-corrected chi connectivity index (χ1v) is 11.8. The van der Waals surface area contributed by atoms with Gasteiger partial charge in [0, 0.05) is 30.9 Å². The molecule has 0 spiro atoms. The number of fused-ring (bicyclic) bond motifs is 3. The molecule has 4 heterocycles. The van der Waals surface area contributed by atoms with Crippen LogP contribution in [0.4, 0.5) is 16.2 Å². The zero-order valence-corrected chi connectivity index (χ0v) is 19.5. The monoisotopic (exact) mass is 476 g/mol. The number of benzene rings is 1. The third-order valence-electron chi connectivity index (χ3n) is 6.34. The maximum absolute atomic E-state index is 12.7. The fourth-order valence-corrected chi connectivity index (χ4v) is 5.47. The summed E-state index contributed by atoms with van der Waals surface area (Å²) in [5.41, 5.74) is 1.80. The Hall–Kier alpha value is -2.49. The second kappa shape index (κ2) is 8.46. The number of ether oxygens (including phenoxy) is 2. The maximum Gasteiger partial charge on any atom is 0.415 e. The molecule has 0 saturated carbocycles. The smallest absolute Gasteiger partial charge is 0.415 e. The van der Waals surface area contributed by atoms with Crippen LogP contribution in [0.5, 0.6) is 5.75 Å². The summed E-state index contributed by atoms with van der Waals surface area (Å²) in [4.78, 5) is 31.8. The SMILES string of the molecule is CN(C)[C@@H]1CCN(c2ccc3c(c2)OC[C@H]2[C@H](CNC(=O)c4ccc(Cl)s4)OC(=O)N32)C1. The van der Waals surface area contributed by atoms with Gasteiger partial charge in [-0.05, 0) is 44.8 Å². The van der Waals surface area contributed by atoms with Crippen LogP contribution >= 0.6 is 22.9 Å².